The van der Waals surface area contributed by atoms with Crippen molar-refractivity contribution < 1.29 is 19.5 Å². The van der Waals surface area contributed by atoms with Gasteiger partial charge in [0.15, 0.2) is 0 Å². The number of rotatable bonds is 5. The maximum atomic E-state index is 12.5. The Bertz CT molecular complexity index is 634. The number of para-hydroxylation sites is 1. The normalized spacial score (nSPS) is 20.2. The summed E-state index contributed by atoms with van der Waals surface area (Å²) < 4.78 is 0.794. The number of aliphatic carboxylic acids is 1. The summed E-state index contributed by atoms with van der Waals surface area (Å²) in [5.41, 5.74) is 0.736. The van der Waals surface area contributed by atoms with E-state index in [2.05, 4.69) is 21.2 Å². The van der Waals surface area contributed by atoms with Crippen LogP contribution in [0.5, 0.6) is 0 Å². The quantitative estimate of drug-likeness (QED) is 0.762. The minimum Gasteiger partial charge on any atom is -0.481 e. The zero-order chi connectivity index (χ0) is 17.1. The lowest BCUT2D eigenvalue weighted by molar-refractivity contribution is -0.142. The number of amides is 2. The van der Waals surface area contributed by atoms with Crippen LogP contribution in [0.2, 0.25) is 0 Å². The van der Waals surface area contributed by atoms with Gasteiger partial charge in [-0.05, 0) is 48.3 Å². The highest BCUT2D eigenvalue weighted by Gasteiger charge is 2.39. The molecule has 3 atom stereocenters. The number of carboxylic acids is 1. The van der Waals surface area contributed by atoms with Crippen LogP contribution in [0.3, 0.4) is 0 Å². The van der Waals surface area contributed by atoms with Crippen LogP contribution in [0.25, 0.3) is 0 Å². The molecule has 124 valence electrons. The summed E-state index contributed by atoms with van der Waals surface area (Å²) in [6.07, 6.45) is 0.417. The third-order valence-electron chi connectivity index (χ3n) is 4.17. The molecule has 1 aromatic carbocycles. The molecule has 23 heavy (non-hydrogen) atoms. The average molecular weight is 383 g/mol. The van der Waals surface area contributed by atoms with Crippen LogP contribution in [0.1, 0.15) is 20.3 Å². The molecule has 0 saturated carbocycles. The summed E-state index contributed by atoms with van der Waals surface area (Å²) in [5.74, 6) is -3.14. The number of hydrogen-bond acceptors (Lipinski definition) is 3. The first-order valence-electron chi connectivity index (χ1n) is 7.42. The molecule has 3 unspecified atom stereocenters. The molecule has 1 aromatic rings. The molecule has 2 amide bonds. The third-order valence-corrected chi connectivity index (χ3v) is 4.85. The molecule has 0 aliphatic carbocycles. The number of nitrogens with zero attached hydrogens (tertiary/aromatic N) is 1. The van der Waals surface area contributed by atoms with E-state index in [-0.39, 0.29) is 5.91 Å². The van der Waals surface area contributed by atoms with Crippen molar-refractivity contribution in [2.75, 3.05) is 11.4 Å². The van der Waals surface area contributed by atoms with E-state index >= 15 is 0 Å². The van der Waals surface area contributed by atoms with Crippen LogP contribution >= 0.6 is 15.9 Å². The van der Waals surface area contributed by atoms with Crippen LogP contribution in [-0.2, 0) is 14.4 Å². The summed E-state index contributed by atoms with van der Waals surface area (Å²) in [5, 5.41) is 11.6. The van der Waals surface area contributed by atoms with E-state index < -0.39 is 29.8 Å². The fourth-order valence-corrected chi connectivity index (χ4v) is 3.00. The lowest BCUT2D eigenvalue weighted by atomic mass is 10.0. The summed E-state index contributed by atoms with van der Waals surface area (Å²) in [6, 6.07) is 6.81. The van der Waals surface area contributed by atoms with Gasteiger partial charge in [0.1, 0.15) is 5.92 Å². The fraction of sp³-hybridized carbons (Fsp3) is 0.438. The van der Waals surface area contributed by atoms with Crippen molar-refractivity contribution in [1.82, 2.24) is 5.32 Å². The zero-order valence-corrected chi connectivity index (χ0v) is 14.5. The lowest BCUT2D eigenvalue weighted by Crippen LogP contribution is -2.44. The maximum absolute atomic E-state index is 12.5. The molecular weight excluding hydrogens is 364 g/mol. The van der Waals surface area contributed by atoms with E-state index in [9.17, 15) is 14.4 Å². The first kappa shape index (κ1) is 17.5. The molecule has 6 nitrogen and oxygen atoms in total. The molecular formula is C16H19BrN2O4. The highest BCUT2D eigenvalue weighted by molar-refractivity contribution is 9.10. The number of halogens is 1. The number of hydrogen-bond donors (Lipinski definition) is 2. The van der Waals surface area contributed by atoms with Gasteiger partial charge in [-0.25, -0.2) is 0 Å². The lowest BCUT2D eigenvalue weighted by Gasteiger charge is -2.21. The van der Waals surface area contributed by atoms with E-state index in [4.69, 9.17) is 5.11 Å². The van der Waals surface area contributed by atoms with Crippen molar-refractivity contribution in [3.63, 3.8) is 0 Å². The fourth-order valence-electron chi connectivity index (χ4n) is 2.50. The second-order valence-corrected chi connectivity index (χ2v) is 6.56. The Morgan fingerprint density at radius 1 is 1.35 bits per heavy atom. The van der Waals surface area contributed by atoms with E-state index in [0.717, 1.165) is 10.2 Å². The number of benzene rings is 1. The van der Waals surface area contributed by atoms with Crippen LogP contribution < -0.4 is 10.2 Å². The van der Waals surface area contributed by atoms with Gasteiger partial charge in [0.05, 0.1) is 11.6 Å². The SMILES string of the molecule is CC(NC(=O)C1CCN(c2ccccc2Br)C1=O)C(C)C(=O)O. The molecule has 2 rings (SSSR count). The van der Waals surface area contributed by atoms with Crippen molar-refractivity contribution in [3.8, 4) is 0 Å². The Balaban J connectivity index is 2.06. The second-order valence-electron chi connectivity index (χ2n) is 5.71. The van der Waals surface area contributed by atoms with Crippen LogP contribution in [-0.4, -0.2) is 35.5 Å². The number of carboxylic acid groups (broad SMARTS) is 1. The molecule has 0 aromatic heterocycles. The van der Waals surface area contributed by atoms with E-state index in [1.54, 1.807) is 11.8 Å². The van der Waals surface area contributed by atoms with Gasteiger partial charge in [0, 0.05) is 17.1 Å². The molecule has 1 aliphatic heterocycles. The zero-order valence-electron chi connectivity index (χ0n) is 13.0. The van der Waals surface area contributed by atoms with E-state index in [0.29, 0.717) is 13.0 Å². The number of carbonyl (C=O) groups is 3. The van der Waals surface area contributed by atoms with Crippen molar-refractivity contribution in [2.45, 2.75) is 26.3 Å². The molecule has 0 spiro atoms. The Hall–Kier alpha value is -1.89. The highest BCUT2D eigenvalue weighted by Crippen LogP contribution is 2.31. The molecule has 0 bridgehead atoms. The minimum atomic E-state index is -0.981. The highest BCUT2D eigenvalue weighted by atomic mass is 79.9. The number of carbonyl (C=O) groups excluding carboxylic acids is 2. The second kappa shape index (κ2) is 7.12. The van der Waals surface area contributed by atoms with Gasteiger partial charge >= 0.3 is 5.97 Å². The molecule has 2 N–H and O–H groups in total. The van der Waals surface area contributed by atoms with Gasteiger partial charge in [0.25, 0.3) is 0 Å². The van der Waals surface area contributed by atoms with E-state index in [1.807, 2.05) is 24.3 Å². The summed E-state index contributed by atoms with van der Waals surface area (Å²) in [6.45, 7) is 3.61. The van der Waals surface area contributed by atoms with Crippen molar-refractivity contribution in [1.29, 1.82) is 0 Å². The van der Waals surface area contributed by atoms with Crippen LogP contribution in [0, 0.1) is 11.8 Å². The number of anilines is 1. The number of nitrogens with one attached hydrogen (secondary N) is 1. The van der Waals surface area contributed by atoms with Gasteiger partial charge in [0.2, 0.25) is 11.8 Å². The van der Waals surface area contributed by atoms with Gasteiger partial charge in [-0.2, -0.15) is 0 Å². The van der Waals surface area contributed by atoms with Gasteiger partial charge in [-0.1, -0.05) is 12.1 Å². The van der Waals surface area contributed by atoms with Crippen molar-refractivity contribution >= 4 is 39.4 Å². The van der Waals surface area contributed by atoms with Crippen molar-refractivity contribution in [3.05, 3.63) is 28.7 Å². The van der Waals surface area contributed by atoms with Gasteiger partial charge in [-0.3, -0.25) is 14.4 Å². The van der Waals surface area contributed by atoms with Gasteiger partial charge in [-0.15, -0.1) is 0 Å². The van der Waals surface area contributed by atoms with E-state index in [1.165, 1.54) is 6.92 Å². The Morgan fingerprint density at radius 2 is 2.00 bits per heavy atom. The average Bonchev–Trinajstić information content (AvgIpc) is 2.88. The van der Waals surface area contributed by atoms with Crippen molar-refractivity contribution in [2.24, 2.45) is 11.8 Å². The Labute approximate surface area is 143 Å². The van der Waals surface area contributed by atoms with Crippen LogP contribution in [0.15, 0.2) is 28.7 Å². The Morgan fingerprint density at radius 3 is 2.61 bits per heavy atom. The Kier molecular flexibility index (Phi) is 5.41. The first-order valence-corrected chi connectivity index (χ1v) is 8.21. The summed E-state index contributed by atoms with van der Waals surface area (Å²) >= 11 is 3.41. The first-order chi connectivity index (χ1) is 10.8. The standard InChI is InChI=1S/C16H19BrN2O4/c1-9(16(22)23)10(2)18-14(20)11-7-8-19(15(11)21)13-6-4-3-5-12(13)17/h3-6,9-11H,7-8H2,1-2H3,(H,18,20)(H,22,23). The molecule has 7 heteroatoms. The predicted molar refractivity (Wildman–Crippen MR) is 89.0 cm³/mol. The molecule has 1 saturated heterocycles. The largest absolute Gasteiger partial charge is 0.481 e. The molecule has 1 aliphatic rings. The van der Waals surface area contributed by atoms with Gasteiger partial charge < -0.3 is 15.3 Å². The summed E-state index contributed by atoms with van der Waals surface area (Å²) in [7, 11) is 0. The molecule has 0 radical (unpaired) electrons. The smallest absolute Gasteiger partial charge is 0.308 e. The topological polar surface area (TPSA) is 86.7 Å². The maximum Gasteiger partial charge on any atom is 0.308 e. The molecule has 1 heterocycles. The minimum absolute atomic E-state index is 0.260. The van der Waals surface area contributed by atoms with Crippen LogP contribution in [0.4, 0.5) is 5.69 Å². The molecule has 1 fully saturated rings. The monoisotopic (exact) mass is 382 g/mol. The third kappa shape index (κ3) is 3.72. The summed E-state index contributed by atoms with van der Waals surface area (Å²) in [4.78, 5) is 37.3. The predicted octanol–water partition coefficient (Wildman–Crippen LogP) is 2.03.